The van der Waals surface area contributed by atoms with Gasteiger partial charge in [-0.1, -0.05) is 42.5 Å². The van der Waals surface area contributed by atoms with Crippen molar-refractivity contribution in [1.82, 2.24) is 26.6 Å². The molecule has 3 aromatic rings. The van der Waals surface area contributed by atoms with E-state index in [-0.39, 0.29) is 43.7 Å². The largest absolute Gasteiger partial charge is 0.477 e. The Kier molecular flexibility index (Phi) is 25.5. The van der Waals surface area contributed by atoms with E-state index in [2.05, 4.69) is 26.6 Å². The highest BCUT2D eigenvalue weighted by atomic mass is 32.2. The van der Waals surface area contributed by atoms with Crippen molar-refractivity contribution in [3.8, 4) is 11.1 Å². The molecule has 0 unspecified atom stereocenters. The summed E-state index contributed by atoms with van der Waals surface area (Å²) in [5.74, 6) is -8.89. The van der Waals surface area contributed by atoms with E-state index in [0.29, 0.717) is 47.0 Å². The Balaban J connectivity index is 0.979. The number of ether oxygens (including phenoxy) is 4. The molecule has 5 rings (SSSR count). The number of thioether (sulfide) groups is 2. The first-order valence-electron chi connectivity index (χ1n) is 25.7. The summed E-state index contributed by atoms with van der Waals surface area (Å²) in [5, 5.41) is 107. The molecule has 0 aromatic heterocycles. The number of carbonyl (C=O) groups is 7. The molecule has 0 saturated carbocycles. The molecule has 2 aliphatic heterocycles. The lowest BCUT2D eigenvalue weighted by Crippen LogP contribution is -2.68. The summed E-state index contributed by atoms with van der Waals surface area (Å²) in [7, 11) is 0. The second-order valence-corrected chi connectivity index (χ2v) is 21.4. The molecule has 2 saturated heterocycles. The molecule has 12 atom stereocenters. The Morgan fingerprint density at radius 1 is 0.575 bits per heavy atom. The monoisotopic (exact) mass is 1160 g/mol. The van der Waals surface area contributed by atoms with Gasteiger partial charge in [-0.2, -0.15) is 23.5 Å². The predicted octanol–water partition coefficient (Wildman–Crippen LogP) is -1.17. The molecule has 80 heavy (non-hydrogen) atoms. The number of benzene rings is 3. The van der Waals surface area contributed by atoms with E-state index in [4.69, 9.17) is 18.9 Å². The Morgan fingerprint density at radius 3 is 1.36 bits per heavy atom. The lowest BCUT2D eigenvalue weighted by Gasteiger charge is -2.46. The summed E-state index contributed by atoms with van der Waals surface area (Å²) in [4.78, 5) is 87.4. The van der Waals surface area contributed by atoms with Crippen molar-refractivity contribution in [2.24, 2.45) is 0 Å². The highest BCUT2D eigenvalue weighted by Gasteiger charge is 2.57. The van der Waals surface area contributed by atoms with Gasteiger partial charge in [-0.15, -0.1) is 0 Å². The fourth-order valence-corrected chi connectivity index (χ4v) is 10.3. The molecule has 0 radical (unpaired) electrons. The maximum atomic E-state index is 12.9. The molecular weight excluding hydrogens is 1090 g/mol. The molecule has 2 heterocycles. The first-order valence-corrected chi connectivity index (χ1v) is 28.0. The smallest absolute Gasteiger partial charge is 0.364 e. The molecule has 27 heteroatoms. The van der Waals surface area contributed by atoms with Gasteiger partial charge in [-0.05, 0) is 71.9 Å². The van der Waals surface area contributed by atoms with E-state index in [9.17, 15) is 79.5 Å². The molecule has 0 spiro atoms. The number of hydrogen-bond acceptors (Lipinski definition) is 20. The second-order valence-electron chi connectivity index (χ2n) is 18.9. The minimum Gasteiger partial charge on any atom is -0.477 e. The summed E-state index contributed by atoms with van der Waals surface area (Å²) in [5.41, 5.74) is 2.70. The van der Waals surface area contributed by atoms with Crippen molar-refractivity contribution in [3.63, 3.8) is 0 Å². The first-order chi connectivity index (χ1) is 38.1. The van der Waals surface area contributed by atoms with E-state index in [1.165, 1.54) is 47.8 Å². The van der Waals surface area contributed by atoms with Crippen LogP contribution in [0.15, 0.2) is 78.9 Å². The van der Waals surface area contributed by atoms with Gasteiger partial charge < -0.3 is 91.5 Å². The maximum Gasteiger partial charge on any atom is 0.364 e. The van der Waals surface area contributed by atoms with Crippen molar-refractivity contribution in [2.75, 3.05) is 62.5 Å². The van der Waals surface area contributed by atoms with E-state index >= 15 is 0 Å². The average molecular weight is 1160 g/mol. The van der Waals surface area contributed by atoms with Crippen LogP contribution in [0, 0.1) is 0 Å². The third kappa shape index (κ3) is 18.4. The van der Waals surface area contributed by atoms with Crippen molar-refractivity contribution in [3.05, 3.63) is 95.6 Å². The molecular formula is C53H71N5O20S2. The maximum absolute atomic E-state index is 12.9. The van der Waals surface area contributed by atoms with Crippen LogP contribution >= 0.6 is 23.5 Å². The SMILES string of the molecule is CC(=O)N[C@H]1[C@H]([C@H](O)[C@H](O)CO)O[C@@](OCCCSCCNC(=O)c2ccc(C(=O)NCCSCCCO[C@]3(C(=O)O)C[C@H](O)[C@@H](NC(C)=O)[C@H]([C@H](O)[C@H](O)CNC(=O)c4ccc(-c5ccccc5)cc4)O3)cc2)(C(=O)O)C[C@@H]1O. The van der Waals surface area contributed by atoms with Gasteiger partial charge in [0, 0.05) is 74.5 Å². The lowest BCUT2D eigenvalue weighted by molar-refractivity contribution is -0.311. The fourth-order valence-electron chi connectivity index (χ4n) is 8.76. The van der Waals surface area contributed by atoms with Gasteiger partial charge in [0.05, 0.1) is 50.2 Å². The molecule has 5 amide bonds. The number of carboxylic acids is 2. The number of rotatable bonds is 31. The van der Waals surface area contributed by atoms with Crippen molar-refractivity contribution in [2.45, 2.75) is 112 Å². The topological polar surface area (TPSA) is 399 Å². The van der Waals surface area contributed by atoms with Crippen molar-refractivity contribution < 1.29 is 98.5 Å². The average Bonchev–Trinajstić information content (AvgIpc) is 3.48. The van der Waals surface area contributed by atoms with Gasteiger partial charge in [0.15, 0.2) is 0 Å². The molecule has 2 aliphatic rings. The predicted molar refractivity (Wildman–Crippen MR) is 289 cm³/mol. The zero-order chi connectivity index (χ0) is 58.6. The van der Waals surface area contributed by atoms with Gasteiger partial charge in [-0.3, -0.25) is 24.0 Å². The highest BCUT2D eigenvalue weighted by molar-refractivity contribution is 7.99. The van der Waals surface area contributed by atoms with Crippen LogP contribution in [-0.4, -0.2) is 222 Å². The zero-order valence-corrected chi connectivity index (χ0v) is 45.6. The summed E-state index contributed by atoms with van der Waals surface area (Å²) >= 11 is 2.85. The lowest BCUT2D eigenvalue weighted by atomic mass is 9.88. The molecule has 14 N–H and O–H groups in total. The van der Waals surface area contributed by atoms with Crippen LogP contribution in [0.2, 0.25) is 0 Å². The standard InChI is InChI=1S/C53H71N5O20S2/c1-30(60)57-41-37(62)26-52(50(71)72,77-45(41)43(66)39(64)28-56-49(70)36-12-10-33(11-13-36)32-8-4-3-5-9-32)75-20-6-22-79-24-18-54-47(68)34-14-16-35(17-15-34)48(69)55-19-25-80-23-7-21-76-53(51(73)74)27-38(63)42(58-31(2)61)46(78-53)44(67)40(65)29-59/h3-5,8-17,37-46,59,62-67H,6-7,18-29H2,1-2H3,(H,54,68)(H,55,69)(H,56,70)(H,57,60)(H,58,61)(H,71,72)(H,73,74)/t37-,38-,39+,40+,41+,42+,43+,44+,45+,46+,52+,53+/m0/s1. The van der Waals surface area contributed by atoms with Gasteiger partial charge in [0.2, 0.25) is 11.8 Å². The molecule has 2 fully saturated rings. The summed E-state index contributed by atoms with van der Waals surface area (Å²) in [6, 6.07) is 19.5. The van der Waals surface area contributed by atoms with Gasteiger partial charge in [0.25, 0.3) is 29.3 Å². The Hall–Kier alpha value is -5.79. The van der Waals surface area contributed by atoms with Crippen LogP contribution in [0.25, 0.3) is 11.1 Å². The number of aliphatic carboxylic acids is 2. The van der Waals surface area contributed by atoms with Crippen LogP contribution < -0.4 is 26.6 Å². The number of aliphatic hydroxyl groups is 7. The van der Waals surface area contributed by atoms with E-state index in [1.54, 1.807) is 24.3 Å². The zero-order valence-electron chi connectivity index (χ0n) is 44.0. The van der Waals surface area contributed by atoms with Gasteiger partial charge in [-0.25, -0.2) is 9.59 Å². The summed E-state index contributed by atoms with van der Waals surface area (Å²) < 4.78 is 22.7. The Bertz CT molecular complexity index is 2520. The number of carbonyl (C=O) groups excluding carboxylic acids is 5. The number of aliphatic hydroxyl groups excluding tert-OH is 7. The normalized spacial score (nSPS) is 24.3. The molecule has 0 aliphatic carbocycles. The molecule has 25 nitrogen and oxygen atoms in total. The first kappa shape index (κ1) is 65.0. The van der Waals surface area contributed by atoms with Crippen LogP contribution in [0.5, 0.6) is 0 Å². The van der Waals surface area contributed by atoms with Crippen LogP contribution in [-0.2, 0) is 38.1 Å². The minimum atomic E-state index is -2.48. The number of amides is 5. The summed E-state index contributed by atoms with van der Waals surface area (Å²) in [6.45, 7) is 1.07. The van der Waals surface area contributed by atoms with E-state index in [1.807, 2.05) is 30.3 Å². The summed E-state index contributed by atoms with van der Waals surface area (Å²) in [6.07, 6.45) is -14.5. The van der Waals surface area contributed by atoms with Gasteiger partial charge in [0.1, 0.15) is 30.5 Å². The molecule has 3 aromatic carbocycles. The number of hydrogen-bond donors (Lipinski definition) is 14. The van der Waals surface area contributed by atoms with Crippen LogP contribution in [0.3, 0.4) is 0 Å². The fraction of sp³-hybridized carbons (Fsp3) is 0.528. The molecule has 0 bridgehead atoms. The third-order valence-electron chi connectivity index (χ3n) is 12.9. The van der Waals surface area contributed by atoms with Crippen LogP contribution in [0.4, 0.5) is 0 Å². The minimum absolute atomic E-state index is 0.156. The highest BCUT2D eigenvalue weighted by Crippen LogP contribution is 2.35. The Labute approximate surface area is 469 Å². The number of nitrogens with one attached hydrogen (secondary N) is 5. The van der Waals surface area contributed by atoms with E-state index in [0.717, 1.165) is 25.0 Å². The number of carboxylic acid groups (broad SMARTS) is 2. The van der Waals surface area contributed by atoms with Crippen LogP contribution in [0.1, 0.15) is 70.6 Å². The Morgan fingerprint density at radius 2 is 0.963 bits per heavy atom. The van der Waals surface area contributed by atoms with Crippen molar-refractivity contribution in [1.29, 1.82) is 0 Å². The second kappa shape index (κ2) is 31.4. The van der Waals surface area contributed by atoms with Crippen molar-refractivity contribution >= 4 is 65.0 Å². The molecule has 440 valence electrons. The van der Waals surface area contributed by atoms with E-state index < -0.39 is 128 Å². The van der Waals surface area contributed by atoms with Gasteiger partial charge >= 0.3 is 11.9 Å². The third-order valence-corrected chi connectivity index (χ3v) is 15.1. The quantitative estimate of drug-likeness (QED) is 0.0338.